The number of hydrogen-bond donors (Lipinski definition) is 1. The number of ether oxygens (including phenoxy) is 2. The molecule has 3 heterocycles. The van der Waals surface area contributed by atoms with E-state index in [9.17, 15) is 4.79 Å². The van der Waals surface area contributed by atoms with Crippen molar-refractivity contribution in [2.24, 2.45) is 5.73 Å². The first-order valence-corrected chi connectivity index (χ1v) is 11.4. The Morgan fingerprint density at radius 3 is 2.74 bits per heavy atom. The summed E-state index contributed by atoms with van der Waals surface area (Å²) in [6.45, 7) is 4.06. The molecule has 2 N–H and O–H groups in total. The van der Waals surface area contributed by atoms with Crippen molar-refractivity contribution in [1.29, 1.82) is 0 Å². The standard InChI is InChI=1S/C25H28N6O3/c1-33-13-14-34-19-6-7-21-20(15-19)27-17-31(21)24-8-5-18-3-2-4-22(25(18)28-24)29-9-11-30(12-10-29)23(26)16-32/h2-8,15-17,23H,9-14,26H2,1H3. The molecule has 1 unspecified atom stereocenters. The summed E-state index contributed by atoms with van der Waals surface area (Å²) in [5.41, 5.74) is 9.70. The molecule has 0 aliphatic carbocycles. The Labute approximate surface area is 197 Å². The highest BCUT2D eigenvalue weighted by Crippen LogP contribution is 2.29. The van der Waals surface area contributed by atoms with Gasteiger partial charge in [-0.3, -0.25) is 9.47 Å². The van der Waals surface area contributed by atoms with Gasteiger partial charge in [0.15, 0.2) is 6.29 Å². The van der Waals surface area contributed by atoms with Gasteiger partial charge in [-0.2, -0.15) is 0 Å². The molecule has 176 valence electrons. The Morgan fingerprint density at radius 1 is 1.09 bits per heavy atom. The number of anilines is 1. The van der Waals surface area contributed by atoms with E-state index in [0.717, 1.165) is 71.7 Å². The van der Waals surface area contributed by atoms with Gasteiger partial charge in [0.05, 0.1) is 28.8 Å². The zero-order chi connectivity index (χ0) is 23.5. The minimum atomic E-state index is -0.542. The summed E-state index contributed by atoms with van der Waals surface area (Å²) in [5.74, 6) is 1.56. The van der Waals surface area contributed by atoms with Crippen molar-refractivity contribution in [3.8, 4) is 11.6 Å². The first-order chi connectivity index (χ1) is 16.7. The van der Waals surface area contributed by atoms with Crippen LogP contribution in [0.3, 0.4) is 0 Å². The van der Waals surface area contributed by atoms with E-state index in [1.54, 1.807) is 13.4 Å². The number of fused-ring (bicyclic) bond motifs is 2. The molecule has 0 amide bonds. The maximum atomic E-state index is 11.0. The third-order valence-corrected chi connectivity index (χ3v) is 6.22. The van der Waals surface area contributed by atoms with E-state index in [1.165, 1.54) is 0 Å². The van der Waals surface area contributed by atoms with Crippen molar-refractivity contribution in [3.63, 3.8) is 0 Å². The number of carbonyl (C=O) groups excluding carboxylic acids is 1. The lowest BCUT2D eigenvalue weighted by Gasteiger charge is -2.37. The van der Waals surface area contributed by atoms with Gasteiger partial charge in [-0.15, -0.1) is 0 Å². The second-order valence-electron chi connectivity index (χ2n) is 8.27. The molecule has 1 saturated heterocycles. The van der Waals surface area contributed by atoms with Crippen molar-refractivity contribution in [2.75, 3.05) is 51.4 Å². The monoisotopic (exact) mass is 460 g/mol. The molecule has 2 aromatic carbocycles. The average molecular weight is 461 g/mol. The second-order valence-corrected chi connectivity index (χ2v) is 8.27. The largest absolute Gasteiger partial charge is 0.491 e. The van der Waals surface area contributed by atoms with Gasteiger partial charge in [-0.05, 0) is 30.3 Å². The van der Waals surface area contributed by atoms with Crippen molar-refractivity contribution in [1.82, 2.24) is 19.4 Å². The Morgan fingerprint density at radius 2 is 1.94 bits per heavy atom. The molecule has 34 heavy (non-hydrogen) atoms. The van der Waals surface area contributed by atoms with Crippen LogP contribution in [0.25, 0.3) is 27.8 Å². The summed E-state index contributed by atoms with van der Waals surface area (Å²) in [4.78, 5) is 24.9. The molecule has 0 bridgehead atoms. The van der Waals surface area contributed by atoms with E-state index < -0.39 is 6.17 Å². The van der Waals surface area contributed by atoms with Crippen molar-refractivity contribution >= 4 is 33.9 Å². The van der Waals surface area contributed by atoms with Gasteiger partial charge in [-0.25, -0.2) is 9.97 Å². The first-order valence-electron chi connectivity index (χ1n) is 11.4. The van der Waals surface area contributed by atoms with Gasteiger partial charge < -0.3 is 24.9 Å². The van der Waals surface area contributed by atoms with Crippen LogP contribution < -0.4 is 15.4 Å². The van der Waals surface area contributed by atoms with Gasteiger partial charge in [0.2, 0.25) is 0 Å². The lowest BCUT2D eigenvalue weighted by Crippen LogP contribution is -2.54. The van der Waals surface area contributed by atoms with Gasteiger partial charge in [0.1, 0.15) is 30.7 Å². The maximum Gasteiger partial charge on any atom is 0.151 e. The number of rotatable bonds is 8. The number of aromatic nitrogens is 3. The SMILES string of the molecule is COCCOc1ccc2c(c1)ncn2-c1ccc2cccc(N3CCN(C(N)C=O)CC3)c2n1. The Kier molecular flexibility index (Phi) is 6.39. The lowest BCUT2D eigenvalue weighted by molar-refractivity contribution is -0.112. The van der Waals surface area contributed by atoms with Crippen LogP contribution in [0.5, 0.6) is 5.75 Å². The topological polar surface area (TPSA) is 98.7 Å². The highest BCUT2D eigenvalue weighted by atomic mass is 16.5. The third-order valence-electron chi connectivity index (χ3n) is 6.22. The molecule has 2 aromatic heterocycles. The second kappa shape index (κ2) is 9.76. The van der Waals surface area contributed by atoms with E-state index in [2.05, 4.69) is 34.1 Å². The van der Waals surface area contributed by atoms with Gasteiger partial charge in [0.25, 0.3) is 0 Å². The Hall–Kier alpha value is -3.53. The Bertz CT molecular complexity index is 1300. The molecule has 1 fully saturated rings. The fraction of sp³-hybridized carbons (Fsp3) is 0.320. The summed E-state index contributed by atoms with van der Waals surface area (Å²) in [6, 6.07) is 16.2. The molecule has 0 saturated carbocycles. The van der Waals surface area contributed by atoms with Gasteiger partial charge in [-0.1, -0.05) is 12.1 Å². The molecular formula is C25H28N6O3. The van der Waals surface area contributed by atoms with E-state index in [0.29, 0.717) is 13.2 Å². The van der Waals surface area contributed by atoms with Crippen LogP contribution in [-0.2, 0) is 9.53 Å². The van der Waals surface area contributed by atoms with E-state index in [4.69, 9.17) is 20.2 Å². The molecule has 5 rings (SSSR count). The number of para-hydroxylation sites is 1. The summed E-state index contributed by atoms with van der Waals surface area (Å²) in [5, 5.41) is 1.08. The van der Waals surface area contributed by atoms with Crippen LogP contribution in [0.1, 0.15) is 0 Å². The number of imidazole rings is 1. The molecule has 1 aliphatic heterocycles. The van der Waals surface area contributed by atoms with Gasteiger partial charge >= 0.3 is 0 Å². The molecular weight excluding hydrogens is 432 g/mol. The summed E-state index contributed by atoms with van der Waals surface area (Å²) >= 11 is 0. The number of methoxy groups -OCH3 is 1. The number of carbonyl (C=O) groups is 1. The van der Waals surface area contributed by atoms with Crippen LogP contribution in [-0.4, -0.2) is 78.4 Å². The number of aldehydes is 1. The molecule has 0 radical (unpaired) electrons. The van der Waals surface area contributed by atoms with E-state index >= 15 is 0 Å². The minimum absolute atomic E-state index is 0.493. The molecule has 9 heteroatoms. The summed E-state index contributed by atoms with van der Waals surface area (Å²) < 4.78 is 12.7. The zero-order valence-corrected chi connectivity index (χ0v) is 19.1. The van der Waals surface area contributed by atoms with Crippen molar-refractivity contribution < 1.29 is 14.3 Å². The van der Waals surface area contributed by atoms with Crippen LogP contribution in [0.4, 0.5) is 5.69 Å². The summed E-state index contributed by atoms with van der Waals surface area (Å²) in [6.07, 6.45) is 2.05. The van der Waals surface area contributed by atoms with Gasteiger partial charge in [0, 0.05) is 44.7 Å². The minimum Gasteiger partial charge on any atom is -0.491 e. The third kappa shape index (κ3) is 4.33. The predicted molar refractivity (Wildman–Crippen MR) is 132 cm³/mol. The molecule has 9 nitrogen and oxygen atoms in total. The highest BCUT2D eigenvalue weighted by molar-refractivity contribution is 5.92. The zero-order valence-electron chi connectivity index (χ0n) is 19.1. The molecule has 4 aromatic rings. The van der Waals surface area contributed by atoms with Crippen LogP contribution in [0.2, 0.25) is 0 Å². The smallest absolute Gasteiger partial charge is 0.151 e. The first kappa shape index (κ1) is 22.3. The Balaban J connectivity index is 1.44. The normalized spacial score (nSPS) is 15.6. The predicted octanol–water partition coefficient (Wildman–Crippen LogP) is 2.20. The van der Waals surface area contributed by atoms with E-state index in [1.807, 2.05) is 33.7 Å². The molecule has 0 spiro atoms. The lowest BCUT2D eigenvalue weighted by atomic mass is 10.1. The molecule has 1 atom stereocenters. The number of hydrogen-bond acceptors (Lipinski definition) is 8. The summed E-state index contributed by atoms with van der Waals surface area (Å²) in [7, 11) is 1.65. The number of benzene rings is 2. The fourth-order valence-electron chi connectivity index (χ4n) is 4.37. The number of nitrogens with zero attached hydrogens (tertiary/aromatic N) is 5. The van der Waals surface area contributed by atoms with Crippen LogP contribution in [0.15, 0.2) is 54.9 Å². The maximum absolute atomic E-state index is 11.0. The number of nitrogens with two attached hydrogens (primary N) is 1. The van der Waals surface area contributed by atoms with Crippen LogP contribution >= 0.6 is 0 Å². The number of piperazine rings is 1. The quantitative estimate of drug-likeness (QED) is 0.316. The van der Waals surface area contributed by atoms with Crippen molar-refractivity contribution in [3.05, 3.63) is 54.9 Å². The number of pyridine rings is 1. The fourth-order valence-corrected chi connectivity index (χ4v) is 4.37. The average Bonchev–Trinajstić information content (AvgIpc) is 3.31. The van der Waals surface area contributed by atoms with Crippen molar-refractivity contribution in [2.45, 2.75) is 6.17 Å². The van der Waals surface area contributed by atoms with Crippen LogP contribution in [0, 0.1) is 0 Å². The highest BCUT2D eigenvalue weighted by Gasteiger charge is 2.22. The molecule has 1 aliphatic rings. The van der Waals surface area contributed by atoms with E-state index in [-0.39, 0.29) is 0 Å².